The third kappa shape index (κ3) is 4.18. The van der Waals surface area contributed by atoms with Gasteiger partial charge in [-0.05, 0) is 56.5 Å². The number of hydrogen-bond donors (Lipinski definition) is 1. The van der Waals surface area contributed by atoms with Gasteiger partial charge in [0, 0.05) is 16.4 Å². The molecule has 1 aromatic heterocycles. The molecule has 2 aromatic rings. The van der Waals surface area contributed by atoms with E-state index in [4.69, 9.17) is 16.3 Å². The van der Waals surface area contributed by atoms with Crippen molar-refractivity contribution < 1.29 is 22.7 Å². The number of aryl methyl sites for hydroxylation is 1. The molecular formula is C19H21ClN2O5S2. The SMILES string of the molecule is COC(=O)c1c(NC(=O)C2CCCN2S(=O)(=O)c2ccc(Cl)cc2)sc(C)c1C. The number of nitrogens with zero attached hydrogens (tertiary/aromatic N) is 1. The zero-order valence-electron chi connectivity index (χ0n) is 16.2. The Bertz CT molecular complexity index is 1050. The number of halogens is 1. The normalized spacial score (nSPS) is 17.3. The first-order chi connectivity index (χ1) is 13.7. The first kappa shape index (κ1) is 21.8. The lowest BCUT2D eigenvalue weighted by molar-refractivity contribution is -0.119. The molecule has 1 fully saturated rings. The highest BCUT2D eigenvalue weighted by molar-refractivity contribution is 7.89. The molecule has 0 aliphatic carbocycles. The molecule has 7 nitrogen and oxygen atoms in total. The Morgan fingerprint density at radius 3 is 2.52 bits per heavy atom. The van der Waals surface area contributed by atoms with Crippen molar-refractivity contribution in [3.05, 3.63) is 45.3 Å². The number of methoxy groups -OCH3 is 1. The van der Waals surface area contributed by atoms with E-state index in [0.717, 1.165) is 10.4 Å². The molecule has 0 spiro atoms. The third-order valence-corrected chi connectivity index (χ3v) is 8.24. The molecule has 1 aliphatic rings. The summed E-state index contributed by atoms with van der Waals surface area (Å²) >= 11 is 7.11. The zero-order chi connectivity index (χ0) is 21.3. The van der Waals surface area contributed by atoms with E-state index in [1.807, 2.05) is 6.92 Å². The largest absolute Gasteiger partial charge is 0.465 e. The van der Waals surface area contributed by atoms with E-state index in [1.54, 1.807) is 6.92 Å². The standard InChI is InChI=1S/C19H21ClN2O5S2/c1-11-12(2)28-18(16(11)19(24)27-3)21-17(23)15-5-4-10-22(15)29(25,26)14-8-6-13(20)7-9-14/h6-9,15H,4-5,10H2,1-3H3,(H,21,23). The van der Waals surface area contributed by atoms with Crippen LogP contribution in [0.2, 0.25) is 5.02 Å². The Balaban J connectivity index is 1.87. The maximum Gasteiger partial charge on any atom is 0.341 e. The Labute approximate surface area is 178 Å². The Kier molecular flexibility index (Phi) is 6.33. The predicted molar refractivity (Wildman–Crippen MR) is 112 cm³/mol. The monoisotopic (exact) mass is 456 g/mol. The Morgan fingerprint density at radius 1 is 1.24 bits per heavy atom. The fourth-order valence-electron chi connectivity index (χ4n) is 3.29. The number of amides is 1. The van der Waals surface area contributed by atoms with Gasteiger partial charge in [0.25, 0.3) is 0 Å². The summed E-state index contributed by atoms with van der Waals surface area (Å²) in [6.45, 7) is 3.87. The number of anilines is 1. The molecule has 1 saturated heterocycles. The summed E-state index contributed by atoms with van der Waals surface area (Å²) in [5.41, 5.74) is 1.03. The molecule has 29 heavy (non-hydrogen) atoms. The number of rotatable bonds is 5. The van der Waals surface area contributed by atoms with Crippen molar-refractivity contribution in [3.63, 3.8) is 0 Å². The molecule has 2 heterocycles. The molecule has 0 bridgehead atoms. The average molecular weight is 457 g/mol. The van der Waals surface area contributed by atoms with Crippen LogP contribution in [0, 0.1) is 13.8 Å². The number of thiophene rings is 1. The van der Waals surface area contributed by atoms with Gasteiger partial charge in [-0.25, -0.2) is 13.2 Å². The van der Waals surface area contributed by atoms with E-state index in [2.05, 4.69) is 5.32 Å². The number of benzene rings is 1. The molecule has 1 aliphatic heterocycles. The van der Waals surface area contributed by atoms with Gasteiger partial charge in [-0.1, -0.05) is 11.6 Å². The van der Waals surface area contributed by atoms with Crippen molar-refractivity contribution in [2.45, 2.75) is 37.6 Å². The fourth-order valence-corrected chi connectivity index (χ4v) is 6.12. The minimum absolute atomic E-state index is 0.0830. The number of hydrogen-bond acceptors (Lipinski definition) is 6. The molecule has 3 rings (SSSR count). The van der Waals surface area contributed by atoms with Crippen LogP contribution in [0.1, 0.15) is 33.6 Å². The van der Waals surface area contributed by atoms with Gasteiger partial charge in [0.2, 0.25) is 15.9 Å². The van der Waals surface area contributed by atoms with Gasteiger partial charge in [-0.3, -0.25) is 4.79 Å². The minimum Gasteiger partial charge on any atom is -0.465 e. The summed E-state index contributed by atoms with van der Waals surface area (Å²) in [6, 6.07) is 4.99. The molecule has 0 saturated carbocycles. The van der Waals surface area contributed by atoms with Gasteiger partial charge in [0.05, 0.1) is 17.6 Å². The highest BCUT2D eigenvalue weighted by Gasteiger charge is 2.40. The van der Waals surface area contributed by atoms with E-state index < -0.39 is 27.9 Å². The molecule has 1 N–H and O–H groups in total. The van der Waals surface area contributed by atoms with Crippen molar-refractivity contribution in [1.82, 2.24) is 4.31 Å². The van der Waals surface area contributed by atoms with Gasteiger partial charge < -0.3 is 10.1 Å². The summed E-state index contributed by atoms with van der Waals surface area (Å²) in [4.78, 5) is 26.0. The first-order valence-electron chi connectivity index (χ1n) is 8.93. The predicted octanol–water partition coefficient (Wildman–Crippen LogP) is 3.60. The summed E-state index contributed by atoms with van der Waals surface area (Å²) in [6.07, 6.45) is 0.965. The van der Waals surface area contributed by atoms with Gasteiger partial charge in [-0.2, -0.15) is 4.31 Å². The summed E-state index contributed by atoms with van der Waals surface area (Å²) in [7, 11) is -2.57. The van der Waals surface area contributed by atoms with Crippen LogP contribution in [0.3, 0.4) is 0 Å². The Morgan fingerprint density at radius 2 is 1.90 bits per heavy atom. The van der Waals surface area contributed by atoms with Crippen molar-refractivity contribution in [3.8, 4) is 0 Å². The van der Waals surface area contributed by atoms with Gasteiger partial charge >= 0.3 is 5.97 Å². The second-order valence-electron chi connectivity index (χ2n) is 6.70. The topological polar surface area (TPSA) is 92.8 Å². The number of carbonyl (C=O) groups excluding carboxylic acids is 2. The Hall–Kier alpha value is -1.94. The number of ether oxygens (including phenoxy) is 1. The van der Waals surface area contributed by atoms with Crippen LogP contribution in [0.25, 0.3) is 0 Å². The lowest BCUT2D eigenvalue weighted by Crippen LogP contribution is -2.43. The summed E-state index contributed by atoms with van der Waals surface area (Å²) < 4.78 is 32.1. The molecule has 1 amide bonds. The highest BCUT2D eigenvalue weighted by Crippen LogP contribution is 2.34. The molecule has 10 heteroatoms. The van der Waals surface area contributed by atoms with E-state index in [9.17, 15) is 18.0 Å². The van der Waals surface area contributed by atoms with Crippen molar-refractivity contribution in [2.24, 2.45) is 0 Å². The highest BCUT2D eigenvalue weighted by atomic mass is 35.5. The van der Waals surface area contributed by atoms with Gasteiger partial charge in [0.1, 0.15) is 11.0 Å². The number of sulfonamides is 1. The molecular weight excluding hydrogens is 436 g/mol. The second kappa shape index (κ2) is 8.43. The van der Waals surface area contributed by atoms with Gasteiger partial charge in [0.15, 0.2) is 0 Å². The molecule has 1 atom stereocenters. The van der Waals surface area contributed by atoms with Gasteiger partial charge in [-0.15, -0.1) is 11.3 Å². The molecule has 1 unspecified atom stereocenters. The number of carbonyl (C=O) groups is 2. The van der Waals surface area contributed by atoms with Crippen LogP contribution in [0.4, 0.5) is 5.00 Å². The maximum atomic E-state index is 13.0. The zero-order valence-corrected chi connectivity index (χ0v) is 18.6. The number of nitrogens with one attached hydrogen (secondary N) is 1. The average Bonchev–Trinajstić information content (AvgIpc) is 3.28. The number of esters is 1. The minimum atomic E-state index is -3.85. The molecule has 1 aromatic carbocycles. The quantitative estimate of drug-likeness (QED) is 0.694. The van der Waals surface area contributed by atoms with Crippen LogP contribution < -0.4 is 5.32 Å². The van der Waals surface area contributed by atoms with Crippen LogP contribution in [-0.2, 0) is 19.6 Å². The summed E-state index contributed by atoms with van der Waals surface area (Å²) in [5, 5.41) is 3.54. The fraction of sp³-hybridized carbons (Fsp3) is 0.368. The van der Waals surface area contributed by atoms with Crippen molar-refractivity contribution in [1.29, 1.82) is 0 Å². The van der Waals surface area contributed by atoms with Crippen LogP contribution >= 0.6 is 22.9 Å². The van der Waals surface area contributed by atoms with Crippen molar-refractivity contribution in [2.75, 3.05) is 19.0 Å². The van der Waals surface area contributed by atoms with Crippen LogP contribution in [0.15, 0.2) is 29.2 Å². The maximum absolute atomic E-state index is 13.0. The molecule has 0 radical (unpaired) electrons. The third-order valence-electron chi connectivity index (χ3n) is 4.94. The first-order valence-corrected chi connectivity index (χ1v) is 11.6. The van der Waals surface area contributed by atoms with Crippen LogP contribution in [-0.4, -0.2) is 44.3 Å². The smallest absolute Gasteiger partial charge is 0.341 e. The van der Waals surface area contributed by atoms with E-state index >= 15 is 0 Å². The summed E-state index contributed by atoms with van der Waals surface area (Å²) in [5.74, 6) is -1.01. The van der Waals surface area contributed by atoms with E-state index in [-0.39, 0.29) is 11.4 Å². The van der Waals surface area contributed by atoms with E-state index in [0.29, 0.717) is 28.4 Å². The molecule has 156 valence electrons. The van der Waals surface area contributed by atoms with Crippen LogP contribution in [0.5, 0.6) is 0 Å². The lowest BCUT2D eigenvalue weighted by atomic mass is 10.1. The van der Waals surface area contributed by atoms with Crippen molar-refractivity contribution >= 4 is 49.8 Å². The van der Waals surface area contributed by atoms with E-state index in [1.165, 1.54) is 47.0 Å². The lowest BCUT2D eigenvalue weighted by Gasteiger charge is -2.23. The second-order valence-corrected chi connectivity index (χ2v) is 10.2.